The summed E-state index contributed by atoms with van der Waals surface area (Å²) >= 11 is 0. The number of nitrogens with zero attached hydrogens (tertiary/aromatic N) is 2. The van der Waals surface area contributed by atoms with Gasteiger partial charge in [0.1, 0.15) is 0 Å². The van der Waals surface area contributed by atoms with Gasteiger partial charge < -0.3 is 0 Å². The summed E-state index contributed by atoms with van der Waals surface area (Å²) in [4.78, 5) is 9.02. The van der Waals surface area contributed by atoms with Crippen molar-refractivity contribution in [2.45, 2.75) is 52.4 Å². The third kappa shape index (κ3) is 7.11. The number of aromatic nitrogens is 2. The van der Waals surface area contributed by atoms with E-state index in [0.717, 1.165) is 24.2 Å². The average molecular weight is 397 g/mol. The van der Waals surface area contributed by atoms with E-state index >= 15 is 0 Å². The van der Waals surface area contributed by atoms with Crippen molar-refractivity contribution in [1.29, 1.82) is 0 Å². The number of hydrogen-bond acceptors (Lipinski definition) is 2. The second-order valence-corrected chi connectivity index (χ2v) is 7.72. The molecule has 0 atom stereocenters. The SMILES string of the molecule is CCCCc1ccc(/C=C/c2cnc(/C=C/c3ccc(CCCC)cc3)cn2)cc1. The van der Waals surface area contributed by atoms with Crippen LogP contribution in [0, 0.1) is 0 Å². The number of benzene rings is 2. The molecule has 2 nitrogen and oxygen atoms in total. The van der Waals surface area contributed by atoms with Crippen molar-refractivity contribution >= 4 is 24.3 Å². The Morgan fingerprint density at radius 1 is 0.567 bits per heavy atom. The Labute approximate surface area is 181 Å². The normalized spacial score (nSPS) is 11.5. The molecule has 0 amide bonds. The van der Waals surface area contributed by atoms with Crippen molar-refractivity contribution in [3.63, 3.8) is 0 Å². The van der Waals surface area contributed by atoms with Crippen LogP contribution >= 0.6 is 0 Å². The van der Waals surface area contributed by atoms with Crippen molar-refractivity contribution in [3.8, 4) is 0 Å². The Bertz CT molecular complexity index is 853. The second-order valence-electron chi connectivity index (χ2n) is 7.72. The minimum Gasteiger partial charge on any atom is -0.253 e. The highest BCUT2D eigenvalue weighted by molar-refractivity contribution is 5.69. The molecule has 0 radical (unpaired) electrons. The van der Waals surface area contributed by atoms with Crippen molar-refractivity contribution in [1.82, 2.24) is 9.97 Å². The Hall–Kier alpha value is -3.00. The maximum atomic E-state index is 4.51. The molecule has 0 aliphatic carbocycles. The largest absolute Gasteiger partial charge is 0.253 e. The molecule has 0 fully saturated rings. The summed E-state index contributed by atoms with van der Waals surface area (Å²) in [6.45, 7) is 4.45. The zero-order valence-corrected chi connectivity index (χ0v) is 18.2. The van der Waals surface area contributed by atoms with Crippen molar-refractivity contribution < 1.29 is 0 Å². The molecule has 0 aliphatic rings. The van der Waals surface area contributed by atoms with E-state index in [4.69, 9.17) is 0 Å². The van der Waals surface area contributed by atoms with E-state index < -0.39 is 0 Å². The van der Waals surface area contributed by atoms with Crippen LogP contribution in [0.25, 0.3) is 24.3 Å². The van der Waals surface area contributed by atoms with E-state index in [9.17, 15) is 0 Å². The summed E-state index contributed by atoms with van der Waals surface area (Å²) in [7, 11) is 0. The molecular formula is C28H32N2. The van der Waals surface area contributed by atoms with Crippen LogP contribution in [-0.2, 0) is 12.8 Å². The van der Waals surface area contributed by atoms with Gasteiger partial charge in [0.25, 0.3) is 0 Å². The highest BCUT2D eigenvalue weighted by atomic mass is 14.8. The van der Waals surface area contributed by atoms with Gasteiger partial charge in [0.15, 0.2) is 0 Å². The fourth-order valence-corrected chi connectivity index (χ4v) is 3.24. The van der Waals surface area contributed by atoms with Gasteiger partial charge in [-0.15, -0.1) is 0 Å². The maximum Gasteiger partial charge on any atom is 0.0813 e. The van der Waals surface area contributed by atoms with Gasteiger partial charge in [-0.25, -0.2) is 0 Å². The van der Waals surface area contributed by atoms with Crippen LogP contribution in [0.1, 0.15) is 73.2 Å². The zero-order valence-electron chi connectivity index (χ0n) is 18.2. The molecule has 0 aliphatic heterocycles. The van der Waals surface area contributed by atoms with E-state index in [-0.39, 0.29) is 0 Å². The number of unbranched alkanes of at least 4 members (excludes halogenated alkanes) is 2. The Balaban J connectivity index is 1.55. The summed E-state index contributed by atoms with van der Waals surface area (Å²) in [5.41, 5.74) is 6.90. The molecule has 30 heavy (non-hydrogen) atoms. The van der Waals surface area contributed by atoms with E-state index in [2.05, 4.69) is 84.5 Å². The molecule has 1 aromatic heterocycles. The van der Waals surface area contributed by atoms with Crippen molar-refractivity contribution in [2.24, 2.45) is 0 Å². The summed E-state index contributed by atoms with van der Waals surface area (Å²) in [5, 5.41) is 0. The summed E-state index contributed by atoms with van der Waals surface area (Å²) in [5.74, 6) is 0. The third-order valence-electron chi connectivity index (χ3n) is 5.18. The van der Waals surface area contributed by atoms with Gasteiger partial charge in [0.2, 0.25) is 0 Å². The van der Waals surface area contributed by atoms with Gasteiger partial charge in [-0.3, -0.25) is 9.97 Å². The first kappa shape index (κ1) is 21.7. The molecule has 3 aromatic rings. The standard InChI is InChI=1S/C28H32N2/c1-3-5-7-23-9-13-25(14-10-23)17-19-27-21-30-28(22-29-27)20-18-26-15-11-24(12-16-26)8-6-4-2/h9-22H,3-8H2,1-2H3/b19-17+,20-18+. The second kappa shape index (κ2) is 11.9. The molecule has 0 spiro atoms. The van der Waals surface area contributed by atoms with Crippen LogP contribution in [0.4, 0.5) is 0 Å². The Morgan fingerprint density at radius 2 is 0.967 bits per heavy atom. The lowest BCUT2D eigenvalue weighted by Gasteiger charge is -2.01. The van der Waals surface area contributed by atoms with Gasteiger partial charge in [-0.2, -0.15) is 0 Å². The average Bonchev–Trinajstić information content (AvgIpc) is 2.80. The lowest BCUT2D eigenvalue weighted by molar-refractivity contribution is 0.795. The topological polar surface area (TPSA) is 25.8 Å². The number of aryl methyl sites for hydroxylation is 2. The van der Waals surface area contributed by atoms with Crippen LogP contribution in [-0.4, -0.2) is 9.97 Å². The smallest absolute Gasteiger partial charge is 0.0813 e. The predicted octanol–water partition coefficient (Wildman–Crippen LogP) is 7.50. The summed E-state index contributed by atoms with van der Waals surface area (Å²) in [6, 6.07) is 17.5. The van der Waals surface area contributed by atoms with Crippen molar-refractivity contribution in [2.75, 3.05) is 0 Å². The molecule has 3 rings (SSSR count). The maximum absolute atomic E-state index is 4.51. The molecule has 1 heterocycles. The first-order valence-corrected chi connectivity index (χ1v) is 11.1. The lowest BCUT2D eigenvalue weighted by Crippen LogP contribution is -1.87. The highest BCUT2D eigenvalue weighted by Gasteiger charge is 1.96. The summed E-state index contributed by atoms with van der Waals surface area (Å²) < 4.78 is 0. The van der Waals surface area contributed by atoms with Gasteiger partial charge in [0, 0.05) is 0 Å². The quantitative estimate of drug-likeness (QED) is 0.354. The highest BCUT2D eigenvalue weighted by Crippen LogP contribution is 2.12. The van der Waals surface area contributed by atoms with E-state index in [1.807, 2.05) is 24.5 Å². The molecule has 154 valence electrons. The fraction of sp³-hybridized carbons (Fsp3) is 0.286. The zero-order chi connectivity index (χ0) is 21.0. The van der Waals surface area contributed by atoms with Crippen LogP contribution in [0.3, 0.4) is 0 Å². The van der Waals surface area contributed by atoms with E-state index in [0.29, 0.717) is 0 Å². The first-order chi connectivity index (χ1) is 14.8. The monoisotopic (exact) mass is 396 g/mol. The Kier molecular flexibility index (Phi) is 8.59. The Morgan fingerprint density at radius 3 is 1.30 bits per heavy atom. The van der Waals surface area contributed by atoms with Crippen LogP contribution < -0.4 is 0 Å². The van der Waals surface area contributed by atoms with Gasteiger partial charge in [-0.1, -0.05) is 87.4 Å². The predicted molar refractivity (Wildman–Crippen MR) is 130 cm³/mol. The third-order valence-corrected chi connectivity index (χ3v) is 5.18. The summed E-state index contributed by atoms with van der Waals surface area (Å²) in [6.07, 6.45) is 19.1. The minimum absolute atomic E-state index is 0.863. The van der Waals surface area contributed by atoms with Gasteiger partial charge in [0.05, 0.1) is 23.8 Å². The molecule has 0 unspecified atom stereocenters. The van der Waals surface area contributed by atoms with Crippen LogP contribution in [0.5, 0.6) is 0 Å². The molecule has 0 saturated heterocycles. The number of hydrogen-bond donors (Lipinski definition) is 0. The number of rotatable bonds is 10. The van der Waals surface area contributed by atoms with E-state index in [1.54, 1.807) is 0 Å². The van der Waals surface area contributed by atoms with Crippen LogP contribution in [0.15, 0.2) is 60.9 Å². The molecular weight excluding hydrogens is 364 g/mol. The molecule has 2 heteroatoms. The minimum atomic E-state index is 0.863. The van der Waals surface area contributed by atoms with Gasteiger partial charge in [-0.05, 0) is 60.1 Å². The fourth-order valence-electron chi connectivity index (χ4n) is 3.24. The van der Waals surface area contributed by atoms with Crippen molar-refractivity contribution in [3.05, 3.63) is 94.6 Å². The molecule has 0 bridgehead atoms. The molecule has 2 aromatic carbocycles. The van der Waals surface area contributed by atoms with Crippen LogP contribution in [0.2, 0.25) is 0 Å². The lowest BCUT2D eigenvalue weighted by atomic mass is 10.1. The van der Waals surface area contributed by atoms with Gasteiger partial charge >= 0.3 is 0 Å². The molecule has 0 N–H and O–H groups in total. The molecule has 0 saturated carbocycles. The first-order valence-electron chi connectivity index (χ1n) is 11.1. The van der Waals surface area contributed by atoms with E-state index in [1.165, 1.54) is 47.9 Å².